The van der Waals surface area contributed by atoms with Crippen LogP contribution in [0.1, 0.15) is 38.9 Å². The zero-order valence-corrected chi connectivity index (χ0v) is 13.7. The average Bonchev–Trinajstić information content (AvgIpc) is 3.09. The molecule has 114 valence electrons. The van der Waals surface area contributed by atoms with Crippen LogP contribution in [0, 0.1) is 5.92 Å². The fourth-order valence-electron chi connectivity index (χ4n) is 3.17. The Bertz CT molecular complexity index is 595. The van der Waals surface area contributed by atoms with Gasteiger partial charge in [-0.3, -0.25) is 4.90 Å². The minimum Gasteiger partial charge on any atom is -0.370 e. The molecule has 0 aromatic carbocycles. The van der Waals surface area contributed by atoms with Gasteiger partial charge < -0.3 is 5.32 Å². The molecule has 1 aliphatic heterocycles. The second-order valence-corrected chi connectivity index (χ2v) is 6.73. The van der Waals surface area contributed by atoms with Crippen LogP contribution >= 0.6 is 11.3 Å². The topological polar surface area (TPSA) is 41.1 Å². The molecule has 3 heterocycles. The quantitative estimate of drug-likeness (QED) is 0.882. The number of rotatable bonds is 6. The molecule has 0 spiro atoms. The Hall–Kier alpha value is -1.20. The first-order valence-corrected chi connectivity index (χ1v) is 8.88. The number of anilines is 1. The molecule has 0 amide bonds. The number of hydrogen-bond acceptors (Lipinski definition) is 5. The van der Waals surface area contributed by atoms with Crippen LogP contribution in [0.25, 0.3) is 10.2 Å². The summed E-state index contributed by atoms with van der Waals surface area (Å²) in [4.78, 5) is 13.1. The molecule has 2 aromatic heterocycles. The van der Waals surface area contributed by atoms with Gasteiger partial charge in [-0.05, 0) is 43.7 Å². The zero-order chi connectivity index (χ0) is 14.7. The van der Waals surface area contributed by atoms with Crippen LogP contribution < -0.4 is 5.32 Å². The Morgan fingerprint density at radius 3 is 3.10 bits per heavy atom. The van der Waals surface area contributed by atoms with Crippen molar-refractivity contribution in [3.63, 3.8) is 0 Å². The molecule has 1 atom stereocenters. The molecule has 1 fully saturated rings. The maximum Gasteiger partial charge on any atom is 0.146 e. The minimum absolute atomic E-state index is 0.869. The lowest BCUT2D eigenvalue weighted by molar-refractivity contribution is 0.305. The Balaban J connectivity index is 1.75. The number of fused-ring (bicyclic) bond motifs is 1. The van der Waals surface area contributed by atoms with Gasteiger partial charge in [-0.2, -0.15) is 0 Å². The Kier molecular flexibility index (Phi) is 4.70. The molecule has 1 N–H and O–H groups in total. The molecule has 2 aromatic rings. The summed E-state index contributed by atoms with van der Waals surface area (Å²) in [5, 5.41) is 6.61. The first-order chi connectivity index (χ1) is 10.3. The molecule has 4 nitrogen and oxygen atoms in total. The van der Waals surface area contributed by atoms with Gasteiger partial charge in [0.15, 0.2) is 0 Å². The molecule has 21 heavy (non-hydrogen) atoms. The first kappa shape index (κ1) is 14.7. The average molecular weight is 304 g/mol. The third kappa shape index (κ3) is 3.35. The second kappa shape index (κ2) is 6.71. The van der Waals surface area contributed by atoms with Crippen molar-refractivity contribution in [2.75, 3.05) is 25.0 Å². The monoisotopic (exact) mass is 304 g/mol. The third-order valence-electron chi connectivity index (χ3n) is 4.15. The highest BCUT2D eigenvalue weighted by molar-refractivity contribution is 7.16. The van der Waals surface area contributed by atoms with Gasteiger partial charge in [-0.25, -0.2) is 9.97 Å². The van der Waals surface area contributed by atoms with Crippen LogP contribution in [0.4, 0.5) is 5.82 Å². The Labute approximate surface area is 130 Å². The van der Waals surface area contributed by atoms with E-state index in [1.54, 1.807) is 11.3 Å². The highest BCUT2D eigenvalue weighted by Crippen LogP contribution is 2.26. The van der Waals surface area contributed by atoms with Gasteiger partial charge in [0, 0.05) is 13.1 Å². The lowest BCUT2D eigenvalue weighted by Crippen LogP contribution is -2.22. The van der Waals surface area contributed by atoms with E-state index in [4.69, 9.17) is 9.97 Å². The molecule has 1 saturated heterocycles. The van der Waals surface area contributed by atoms with Gasteiger partial charge in [0.25, 0.3) is 0 Å². The Morgan fingerprint density at radius 2 is 2.29 bits per heavy atom. The highest BCUT2D eigenvalue weighted by Gasteiger charge is 2.22. The van der Waals surface area contributed by atoms with E-state index in [2.05, 4.69) is 35.5 Å². The summed E-state index contributed by atoms with van der Waals surface area (Å²) in [7, 11) is 0. The van der Waals surface area contributed by atoms with E-state index in [1.807, 2.05) is 0 Å². The first-order valence-electron chi connectivity index (χ1n) is 8.00. The van der Waals surface area contributed by atoms with E-state index < -0.39 is 0 Å². The minimum atomic E-state index is 0.869. The van der Waals surface area contributed by atoms with Gasteiger partial charge in [0.1, 0.15) is 16.5 Å². The number of hydrogen-bond donors (Lipinski definition) is 1. The summed E-state index contributed by atoms with van der Waals surface area (Å²) in [5.74, 6) is 2.81. The highest BCUT2D eigenvalue weighted by atomic mass is 32.1. The largest absolute Gasteiger partial charge is 0.370 e. The fraction of sp³-hybridized carbons (Fsp3) is 0.625. The lowest BCUT2D eigenvalue weighted by Gasteiger charge is -2.15. The second-order valence-electron chi connectivity index (χ2n) is 5.84. The normalized spacial score (nSPS) is 19.4. The van der Waals surface area contributed by atoms with Gasteiger partial charge >= 0.3 is 0 Å². The van der Waals surface area contributed by atoms with Gasteiger partial charge in [0.05, 0.1) is 11.9 Å². The van der Waals surface area contributed by atoms with Crippen molar-refractivity contribution in [3.05, 3.63) is 17.3 Å². The number of thiophene rings is 1. The fourth-order valence-corrected chi connectivity index (χ4v) is 3.96. The van der Waals surface area contributed by atoms with E-state index in [-0.39, 0.29) is 0 Å². The number of aromatic nitrogens is 2. The van der Waals surface area contributed by atoms with E-state index in [0.29, 0.717) is 0 Å². The van der Waals surface area contributed by atoms with Crippen molar-refractivity contribution in [3.8, 4) is 0 Å². The van der Waals surface area contributed by atoms with Crippen LogP contribution in [-0.4, -0.2) is 34.5 Å². The van der Waals surface area contributed by atoms with E-state index in [0.717, 1.165) is 40.9 Å². The van der Waals surface area contributed by atoms with Crippen LogP contribution in [0.15, 0.2) is 11.4 Å². The predicted molar refractivity (Wildman–Crippen MR) is 89.9 cm³/mol. The molecule has 0 bridgehead atoms. The van der Waals surface area contributed by atoms with Crippen molar-refractivity contribution < 1.29 is 0 Å². The molecule has 1 unspecified atom stereocenters. The lowest BCUT2D eigenvalue weighted by atomic mass is 10.0. The van der Waals surface area contributed by atoms with Crippen molar-refractivity contribution in [1.29, 1.82) is 0 Å². The van der Waals surface area contributed by atoms with Crippen LogP contribution in [0.3, 0.4) is 0 Å². The molecule has 3 rings (SSSR count). The van der Waals surface area contributed by atoms with Crippen LogP contribution in [0.5, 0.6) is 0 Å². The summed E-state index contributed by atoms with van der Waals surface area (Å²) in [6, 6.07) is 2.11. The van der Waals surface area contributed by atoms with Gasteiger partial charge in [-0.15, -0.1) is 11.3 Å². The van der Waals surface area contributed by atoms with E-state index in [1.165, 1.54) is 32.4 Å². The van der Waals surface area contributed by atoms with Crippen LogP contribution in [-0.2, 0) is 6.54 Å². The van der Waals surface area contributed by atoms with Crippen molar-refractivity contribution in [2.45, 2.75) is 39.7 Å². The number of nitrogens with one attached hydrogen (secondary N) is 1. The summed E-state index contributed by atoms with van der Waals surface area (Å²) in [5.41, 5.74) is 0. The summed E-state index contributed by atoms with van der Waals surface area (Å²) in [6.07, 6.45) is 3.97. The maximum absolute atomic E-state index is 4.74. The van der Waals surface area contributed by atoms with Gasteiger partial charge in [-0.1, -0.05) is 13.3 Å². The van der Waals surface area contributed by atoms with Crippen molar-refractivity contribution in [2.24, 2.45) is 5.92 Å². The predicted octanol–water partition coefficient (Wildman–Crippen LogP) is 3.75. The molecular weight excluding hydrogens is 280 g/mol. The molecule has 0 radical (unpaired) electrons. The summed E-state index contributed by atoms with van der Waals surface area (Å²) < 4.78 is 0. The molecule has 5 heteroatoms. The Morgan fingerprint density at radius 1 is 1.38 bits per heavy atom. The SMILES string of the molecule is CCCC1CCN(Cc2nc(NCC)c3ccsc3n2)C1. The van der Waals surface area contributed by atoms with Crippen molar-refractivity contribution >= 4 is 27.4 Å². The smallest absolute Gasteiger partial charge is 0.146 e. The molecular formula is C16H24N4S. The molecule has 1 aliphatic rings. The van der Waals surface area contributed by atoms with Crippen molar-refractivity contribution in [1.82, 2.24) is 14.9 Å². The summed E-state index contributed by atoms with van der Waals surface area (Å²) >= 11 is 1.70. The van der Waals surface area contributed by atoms with Gasteiger partial charge in [0.2, 0.25) is 0 Å². The van der Waals surface area contributed by atoms with Crippen LogP contribution in [0.2, 0.25) is 0 Å². The summed E-state index contributed by atoms with van der Waals surface area (Å²) in [6.45, 7) is 8.55. The van der Waals surface area contributed by atoms with E-state index in [9.17, 15) is 0 Å². The zero-order valence-electron chi connectivity index (χ0n) is 12.9. The molecule has 0 saturated carbocycles. The molecule has 0 aliphatic carbocycles. The third-order valence-corrected chi connectivity index (χ3v) is 4.95. The van der Waals surface area contributed by atoms with E-state index >= 15 is 0 Å². The maximum atomic E-state index is 4.74. The number of likely N-dealkylation sites (tertiary alicyclic amines) is 1. The number of nitrogens with zero attached hydrogens (tertiary/aromatic N) is 3. The standard InChI is InChI=1S/C16H24N4S/c1-3-5-12-6-8-20(10-12)11-14-18-15(17-4-2)13-7-9-21-16(13)19-14/h7,9,12H,3-6,8,10-11H2,1-2H3,(H,17,18,19).